The Morgan fingerprint density at radius 2 is 2.04 bits per heavy atom. The van der Waals surface area contributed by atoms with E-state index in [1.165, 1.54) is 18.6 Å². The van der Waals surface area contributed by atoms with E-state index in [2.05, 4.69) is 15.3 Å². The van der Waals surface area contributed by atoms with Gasteiger partial charge in [0, 0.05) is 44.9 Å². The molecule has 2 atom stereocenters. The fourth-order valence-electron chi connectivity index (χ4n) is 3.81. The summed E-state index contributed by atoms with van der Waals surface area (Å²) in [5.41, 5.74) is -0.243. The second-order valence-corrected chi connectivity index (χ2v) is 7.56. The Morgan fingerprint density at radius 3 is 2.65 bits per heavy atom. The maximum Gasteiger partial charge on any atom is 0.274 e. The van der Waals surface area contributed by atoms with Crippen LogP contribution in [0.15, 0.2) is 18.6 Å². The van der Waals surface area contributed by atoms with E-state index in [1.54, 1.807) is 16.8 Å². The highest BCUT2D eigenvalue weighted by Gasteiger charge is 2.45. The Bertz CT molecular complexity index is 706. The van der Waals surface area contributed by atoms with Crippen LogP contribution in [0.4, 0.5) is 0 Å². The Hall–Kier alpha value is -2.51. The third-order valence-electron chi connectivity index (χ3n) is 5.52. The summed E-state index contributed by atoms with van der Waals surface area (Å²) >= 11 is 0. The molecule has 2 aliphatic heterocycles. The fourth-order valence-corrected chi connectivity index (χ4v) is 3.81. The zero-order valence-corrected chi connectivity index (χ0v) is 15.4. The quantitative estimate of drug-likeness (QED) is 0.842. The van der Waals surface area contributed by atoms with E-state index < -0.39 is 5.54 Å². The molecular formula is C18H25N5O3. The number of aromatic nitrogens is 2. The van der Waals surface area contributed by atoms with Gasteiger partial charge in [-0.2, -0.15) is 0 Å². The third kappa shape index (κ3) is 3.40. The van der Waals surface area contributed by atoms with Gasteiger partial charge in [-0.1, -0.05) is 0 Å². The van der Waals surface area contributed by atoms with Crippen molar-refractivity contribution in [1.29, 1.82) is 0 Å². The number of hydrogen-bond acceptors (Lipinski definition) is 5. The van der Waals surface area contributed by atoms with Crippen LogP contribution in [0.25, 0.3) is 0 Å². The Labute approximate surface area is 153 Å². The fraction of sp³-hybridized carbons (Fsp3) is 0.611. The molecule has 0 radical (unpaired) electrons. The first-order valence-corrected chi connectivity index (χ1v) is 8.93. The molecule has 2 saturated heterocycles. The Kier molecular flexibility index (Phi) is 4.93. The predicted molar refractivity (Wildman–Crippen MR) is 94.1 cm³/mol. The molecule has 1 aromatic rings. The first-order valence-electron chi connectivity index (χ1n) is 8.93. The third-order valence-corrected chi connectivity index (χ3v) is 5.52. The van der Waals surface area contributed by atoms with Gasteiger partial charge in [-0.15, -0.1) is 0 Å². The van der Waals surface area contributed by atoms with Crippen LogP contribution in [0.5, 0.6) is 0 Å². The van der Waals surface area contributed by atoms with E-state index in [1.807, 2.05) is 13.8 Å². The van der Waals surface area contributed by atoms with Crippen LogP contribution in [0.2, 0.25) is 0 Å². The molecule has 0 spiro atoms. The summed E-state index contributed by atoms with van der Waals surface area (Å²) in [6.45, 7) is 5.12. The predicted octanol–water partition coefficient (Wildman–Crippen LogP) is 0.454. The minimum atomic E-state index is -0.541. The van der Waals surface area contributed by atoms with Gasteiger partial charge >= 0.3 is 0 Å². The average molecular weight is 359 g/mol. The van der Waals surface area contributed by atoms with Crippen molar-refractivity contribution >= 4 is 17.7 Å². The average Bonchev–Trinajstić information content (AvgIpc) is 3.08. The molecule has 8 nitrogen and oxygen atoms in total. The summed E-state index contributed by atoms with van der Waals surface area (Å²) < 4.78 is 0. The summed E-state index contributed by atoms with van der Waals surface area (Å²) in [7, 11) is 1.76. The van der Waals surface area contributed by atoms with Crippen LogP contribution in [0.1, 0.15) is 43.6 Å². The first kappa shape index (κ1) is 18.3. The Morgan fingerprint density at radius 1 is 1.27 bits per heavy atom. The van der Waals surface area contributed by atoms with Crippen LogP contribution in [0, 0.1) is 5.92 Å². The van der Waals surface area contributed by atoms with Gasteiger partial charge in [-0.3, -0.25) is 19.4 Å². The lowest BCUT2D eigenvalue weighted by atomic mass is 9.94. The number of amides is 3. The molecule has 0 aromatic carbocycles. The molecule has 2 unspecified atom stereocenters. The van der Waals surface area contributed by atoms with Crippen LogP contribution in [-0.2, 0) is 9.59 Å². The van der Waals surface area contributed by atoms with E-state index in [0.29, 0.717) is 31.6 Å². The van der Waals surface area contributed by atoms with Crippen molar-refractivity contribution in [2.75, 3.05) is 20.1 Å². The molecular weight excluding hydrogens is 334 g/mol. The normalized spacial score (nSPS) is 24.8. The molecule has 140 valence electrons. The van der Waals surface area contributed by atoms with Crippen molar-refractivity contribution in [2.45, 2.75) is 44.7 Å². The van der Waals surface area contributed by atoms with Gasteiger partial charge in [-0.05, 0) is 26.7 Å². The van der Waals surface area contributed by atoms with Crippen LogP contribution >= 0.6 is 0 Å². The number of likely N-dealkylation sites (tertiary alicyclic amines) is 2. The molecule has 3 rings (SSSR count). The lowest BCUT2D eigenvalue weighted by Crippen LogP contribution is -2.54. The van der Waals surface area contributed by atoms with Crippen molar-refractivity contribution < 1.29 is 14.4 Å². The van der Waals surface area contributed by atoms with E-state index in [-0.39, 0.29) is 36.1 Å². The zero-order valence-electron chi connectivity index (χ0n) is 15.4. The minimum absolute atomic E-state index is 0.0327. The maximum atomic E-state index is 12.7. The van der Waals surface area contributed by atoms with E-state index in [9.17, 15) is 14.4 Å². The van der Waals surface area contributed by atoms with Crippen molar-refractivity contribution in [2.24, 2.45) is 5.92 Å². The monoisotopic (exact) mass is 359 g/mol. The summed E-state index contributed by atoms with van der Waals surface area (Å²) in [6, 6.07) is -0.162. The number of nitrogens with one attached hydrogen (secondary N) is 1. The maximum absolute atomic E-state index is 12.7. The second-order valence-electron chi connectivity index (χ2n) is 7.56. The van der Waals surface area contributed by atoms with Gasteiger partial charge in [-0.25, -0.2) is 4.98 Å². The second kappa shape index (κ2) is 7.01. The molecule has 1 N–H and O–H groups in total. The highest BCUT2D eigenvalue weighted by atomic mass is 16.2. The van der Waals surface area contributed by atoms with Crippen molar-refractivity contribution in [3.63, 3.8) is 0 Å². The zero-order chi connectivity index (χ0) is 18.9. The van der Waals surface area contributed by atoms with E-state index in [4.69, 9.17) is 0 Å². The Balaban J connectivity index is 1.62. The topological polar surface area (TPSA) is 95.5 Å². The highest BCUT2D eigenvalue weighted by Crippen LogP contribution is 2.30. The van der Waals surface area contributed by atoms with Gasteiger partial charge in [0.15, 0.2) is 0 Å². The summed E-state index contributed by atoms with van der Waals surface area (Å²) in [6.07, 6.45) is 6.06. The number of rotatable bonds is 4. The molecule has 0 bridgehead atoms. The number of carbonyl (C=O) groups excluding carboxylic acids is 3. The van der Waals surface area contributed by atoms with Crippen LogP contribution in [-0.4, -0.2) is 69.2 Å². The van der Waals surface area contributed by atoms with Gasteiger partial charge in [0.25, 0.3) is 5.91 Å². The van der Waals surface area contributed by atoms with Gasteiger partial charge in [0.1, 0.15) is 5.69 Å². The smallest absolute Gasteiger partial charge is 0.274 e. The standard InChI is InChI=1S/C18H25N5O3/c1-18(2)14(21-15(24)10-12-4-8-22(3)16(12)25)5-9-23(18)17(26)13-11-19-6-7-20-13/h6-7,11-12,14H,4-5,8-10H2,1-3H3,(H,21,24). The largest absolute Gasteiger partial charge is 0.351 e. The van der Waals surface area contributed by atoms with Crippen molar-refractivity contribution in [1.82, 2.24) is 25.1 Å². The van der Waals surface area contributed by atoms with E-state index in [0.717, 1.165) is 0 Å². The van der Waals surface area contributed by atoms with E-state index >= 15 is 0 Å². The molecule has 3 amide bonds. The molecule has 0 aliphatic carbocycles. The lowest BCUT2D eigenvalue weighted by molar-refractivity contribution is -0.133. The summed E-state index contributed by atoms with van der Waals surface area (Å²) in [5, 5.41) is 3.03. The molecule has 26 heavy (non-hydrogen) atoms. The molecule has 3 heterocycles. The number of carbonyl (C=O) groups is 3. The number of hydrogen-bond donors (Lipinski definition) is 1. The number of nitrogens with zero attached hydrogens (tertiary/aromatic N) is 4. The van der Waals surface area contributed by atoms with Gasteiger partial charge in [0.2, 0.25) is 11.8 Å². The molecule has 1 aromatic heterocycles. The first-order chi connectivity index (χ1) is 12.3. The molecule has 2 aliphatic rings. The van der Waals surface area contributed by atoms with Crippen molar-refractivity contribution in [3.8, 4) is 0 Å². The lowest BCUT2D eigenvalue weighted by Gasteiger charge is -2.36. The molecule has 8 heteroatoms. The summed E-state index contributed by atoms with van der Waals surface area (Å²) in [5.74, 6) is -0.523. The highest BCUT2D eigenvalue weighted by molar-refractivity contribution is 5.93. The van der Waals surface area contributed by atoms with Crippen LogP contribution < -0.4 is 5.32 Å². The SMILES string of the molecule is CN1CCC(CC(=O)NC2CCN(C(=O)c3cnccn3)C2(C)C)C1=O. The molecule has 2 fully saturated rings. The summed E-state index contributed by atoms with van der Waals surface area (Å²) in [4.78, 5) is 48.6. The molecule has 0 saturated carbocycles. The van der Waals surface area contributed by atoms with Gasteiger partial charge in [0.05, 0.1) is 17.8 Å². The van der Waals surface area contributed by atoms with Gasteiger partial charge < -0.3 is 15.1 Å². The minimum Gasteiger partial charge on any atom is -0.351 e. The van der Waals surface area contributed by atoms with Crippen molar-refractivity contribution in [3.05, 3.63) is 24.3 Å². The van der Waals surface area contributed by atoms with Crippen LogP contribution in [0.3, 0.4) is 0 Å².